The molecule has 0 radical (unpaired) electrons. The Morgan fingerprint density at radius 3 is 2.50 bits per heavy atom. The van der Waals surface area contributed by atoms with Crippen molar-refractivity contribution in [1.82, 2.24) is 10.2 Å². The average Bonchev–Trinajstić information content (AvgIpc) is 3.24. The highest BCUT2D eigenvalue weighted by Crippen LogP contribution is 2.35. The lowest BCUT2D eigenvalue weighted by molar-refractivity contribution is 0.141. The van der Waals surface area contributed by atoms with Crippen LogP contribution in [0.25, 0.3) is 0 Å². The van der Waals surface area contributed by atoms with Crippen molar-refractivity contribution in [2.75, 3.05) is 26.2 Å². The Bertz CT molecular complexity index is 251. The van der Waals surface area contributed by atoms with E-state index in [0.717, 1.165) is 37.9 Å². The van der Waals surface area contributed by atoms with Gasteiger partial charge in [-0.1, -0.05) is 6.92 Å². The molecule has 1 atom stereocenters. The van der Waals surface area contributed by atoms with Crippen LogP contribution in [0, 0.1) is 5.92 Å². The van der Waals surface area contributed by atoms with Gasteiger partial charge in [0.1, 0.15) is 0 Å². The lowest BCUT2D eigenvalue weighted by atomic mass is 9.98. The van der Waals surface area contributed by atoms with Gasteiger partial charge in [0, 0.05) is 24.7 Å². The van der Waals surface area contributed by atoms with Gasteiger partial charge in [0.25, 0.3) is 0 Å². The van der Waals surface area contributed by atoms with E-state index in [0.29, 0.717) is 0 Å². The molecule has 0 aromatic carbocycles. The summed E-state index contributed by atoms with van der Waals surface area (Å²) in [7, 11) is 0. The van der Waals surface area contributed by atoms with Gasteiger partial charge in [-0.15, -0.1) is 0 Å². The van der Waals surface area contributed by atoms with Crippen molar-refractivity contribution < 1.29 is 5.11 Å². The number of nitrogens with one attached hydrogen (secondary N) is 1. The van der Waals surface area contributed by atoms with Crippen LogP contribution in [0.2, 0.25) is 0 Å². The molecule has 0 aromatic heterocycles. The molecule has 2 N–H and O–H groups in total. The molecule has 2 saturated carbocycles. The molecule has 3 nitrogen and oxygen atoms in total. The smallest absolute Gasteiger partial charge is 0.0611 e. The maximum absolute atomic E-state index is 9.59. The minimum absolute atomic E-state index is 0.0906. The Balaban J connectivity index is 1.74. The van der Waals surface area contributed by atoms with E-state index in [-0.39, 0.29) is 12.1 Å². The van der Waals surface area contributed by atoms with Gasteiger partial charge in [0.15, 0.2) is 0 Å². The van der Waals surface area contributed by atoms with Crippen LogP contribution in [0.4, 0.5) is 0 Å². The van der Waals surface area contributed by atoms with Crippen LogP contribution in [-0.2, 0) is 0 Å². The van der Waals surface area contributed by atoms with Crippen LogP contribution in [0.5, 0.6) is 0 Å². The molecule has 1 unspecified atom stereocenters. The second kappa shape index (κ2) is 6.36. The zero-order valence-corrected chi connectivity index (χ0v) is 12.1. The zero-order valence-electron chi connectivity index (χ0n) is 12.1. The number of aliphatic hydroxyl groups is 1. The van der Waals surface area contributed by atoms with E-state index in [1.165, 1.54) is 32.2 Å². The van der Waals surface area contributed by atoms with Gasteiger partial charge < -0.3 is 15.3 Å². The molecule has 0 saturated heterocycles. The van der Waals surface area contributed by atoms with E-state index in [9.17, 15) is 5.11 Å². The highest BCUT2D eigenvalue weighted by Gasteiger charge is 2.34. The number of hydrogen-bond acceptors (Lipinski definition) is 3. The third-order valence-corrected chi connectivity index (χ3v) is 4.35. The van der Waals surface area contributed by atoms with Gasteiger partial charge in [0.2, 0.25) is 0 Å². The predicted molar refractivity (Wildman–Crippen MR) is 75.7 cm³/mol. The maximum atomic E-state index is 9.59. The Morgan fingerprint density at radius 1 is 1.28 bits per heavy atom. The number of aliphatic hydroxyl groups excluding tert-OH is 1. The van der Waals surface area contributed by atoms with Crippen LogP contribution in [0.1, 0.15) is 52.4 Å². The summed E-state index contributed by atoms with van der Waals surface area (Å²) in [5, 5.41) is 13.1. The normalized spacial score (nSPS) is 23.3. The first kappa shape index (κ1) is 14.3. The van der Waals surface area contributed by atoms with Crippen molar-refractivity contribution >= 4 is 0 Å². The molecule has 2 rings (SSSR count). The molecule has 18 heavy (non-hydrogen) atoms. The van der Waals surface area contributed by atoms with Gasteiger partial charge in [0.05, 0.1) is 6.61 Å². The van der Waals surface area contributed by atoms with Crippen molar-refractivity contribution in [3.63, 3.8) is 0 Å². The fourth-order valence-electron chi connectivity index (χ4n) is 2.54. The standard InChI is InChI=1S/C15H30N2O/c1-3-9-16-15(2,12-18)8-10-17(14-6-7-14)11-13-4-5-13/h13-14,16,18H,3-12H2,1-2H3. The van der Waals surface area contributed by atoms with Gasteiger partial charge in [-0.3, -0.25) is 0 Å². The fourth-order valence-corrected chi connectivity index (χ4v) is 2.54. The molecule has 0 bridgehead atoms. The summed E-state index contributed by atoms with van der Waals surface area (Å²) in [5.74, 6) is 0.981. The monoisotopic (exact) mass is 254 g/mol. The molecule has 3 heteroatoms. The van der Waals surface area contributed by atoms with Crippen molar-refractivity contribution in [3.8, 4) is 0 Å². The minimum atomic E-state index is -0.0906. The Hall–Kier alpha value is -0.120. The Morgan fingerprint density at radius 2 is 2.00 bits per heavy atom. The largest absolute Gasteiger partial charge is 0.394 e. The summed E-state index contributed by atoms with van der Waals surface area (Å²) in [6, 6.07) is 0.861. The van der Waals surface area contributed by atoms with Crippen LogP contribution in [0.3, 0.4) is 0 Å². The molecular weight excluding hydrogens is 224 g/mol. The second-order valence-corrected chi connectivity index (χ2v) is 6.57. The maximum Gasteiger partial charge on any atom is 0.0611 e. The van der Waals surface area contributed by atoms with E-state index in [1.54, 1.807) is 0 Å². The van der Waals surface area contributed by atoms with Crippen molar-refractivity contribution in [2.24, 2.45) is 5.92 Å². The molecule has 2 aliphatic carbocycles. The summed E-state index contributed by atoms with van der Waals surface area (Å²) >= 11 is 0. The van der Waals surface area contributed by atoms with Crippen LogP contribution in [0.15, 0.2) is 0 Å². The molecule has 0 heterocycles. The zero-order chi connectivity index (χ0) is 13.0. The molecule has 2 fully saturated rings. The van der Waals surface area contributed by atoms with Crippen LogP contribution in [-0.4, -0.2) is 47.8 Å². The summed E-state index contributed by atoms with van der Waals surface area (Å²) in [6.45, 7) is 8.03. The summed E-state index contributed by atoms with van der Waals surface area (Å²) in [4.78, 5) is 2.68. The fraction of sp³-hybridized carbons (Fsp3) is 1.00. The molecule has 0 spiro atoms. The van der Waals surface area contributed by atoms with E-state index >= 15 is 0 Å². The van der Waals surface area contributed by atoms with E-state index < -0.39 is 0 Å². The second-order valence-electron chi connectivity index (χ2n) is 6.57. The SMILES string of the molecule is CCCNC(C)(CO)CCN(CC1CC1)C1CC1. The highest BCUT2D eigenvalue weighted by molar-refractivity contribution is 4.91. The molecule has 2 aliphatic rings. The minimum Gasteiger partial charge on any atom is -0.394 e. The van der Waals surface area contributed by atoms with Gasteiger partial charge in [-0.25, -0.2) is 0 Å². The van der Waals surface area contributed by atoms with Crippen molar-refractivity contribution in [1.29, 1.82) is 0 Å². The molecule has 0 amide bonds. The number of rotatable bonds is 10. The topological polar surface area (TPSA) is 35.5 Å². The van der Waals surface area contributed by atoms with Gasteiger partial charge in [-0.05, 0) is 57.9 Å². The summed E-state index contributed by atoms with van der Waals surface area (Å²) < 4.78 is 0. The van der Waals surface area contributed by atoms with E-state index in [2.05, 4.69) is 24.1 Å². The lowest BCUT2D eigenvalue weighted by Gasteiger charge is -2.32. The quantitative estimate of drug-likeness (QED) is 0.626. The van der Waals surface area contributed by atoms with Crippen molar-refractivity contribution in [2.45, 2.75) is 64.0 Å². The Kier molecular flexibility index (Phi) is 5.05. The van der Waals surface area contributed by atoms with E-state index in [1.807, 2.05) is 0 Å². The third kappa shape index (κ3) is 4.52. The number of hydrogen-bond donors (Lipinski definition) is 2. The lowest BCUT2D eigenvalue weighted by Crippen LogP contribution is -2.48. The number of nitrogens with zero attached hydrogens (tertiary/aromatic N) is 1. The average molecular weight is 254 g/mol. The van der Waals surface area contributed by atoms with Gasteiger partial charge >= 0.3 is 0 Å². The summed E-state index contributed by atoms with van der Waals surface area (Å²) in [5.41, 5.74) is -0.0906. The van der Waals surface area contributed by atoms with Crippen molar-refractivity contribution in [3.05, 3.63) is 0 Å². The third-order valence-electron chi connectivity index (χ3n) is 4.35. The molecular formula is C15H30N2O. The molecule has 0 aliphatic heterocycles. The van der Waals surface area contributed by atoms with E-state index in [4.69, 9.17) is 0 Å². The van der Waals surface area contributed by atoms with Gasteiger partial charge in [-0.2, -0.15) is 0 Å². The first-order chi connectivity index (χ1) is 8.67. The first-order valence-corrected chi connectivity index (χ1v) is 7.77. The summed E-state index contributed by atoms with van der Waals surface area (Å²) in [6.07, 6.45) is 7.86. The molecule has 0 aromatic rings. The van der Waals surface area contributed by atoms with Crippen LogP contribution < -0.4 is 5.32 Å². The molecule has 106 valence electrons. The Labute approximate surface area is 112 Å². The first-order valence-electron chi connectivity index (χ1n) is 7.77. The van der Waals surface area contributed by atoms with Crippen LogP contribution >= 0.6 is 0 Å². The highest BCUT2D eigenvalue weighted by atomic mass is 16.3. The predicted octanol–water partition coefficient (Wildman–Crippen LogP) is 2.00.